The van der Waals surface area contributed by atoms with Gasteiger partial charge in [-0.05, 0) is 23.1 Å². The second-order valence-corrected chi connectivity index (χ2v) is 6.04. The fourth-order valence-electron chi connectivity index (χ4n) is 1.70. The molecule has 0 atom stereocenters. The lowest BCUT2D eigenvalue weighted by Gasteiger charge is -2.28. The first kappa shape index (κ1) is 16.6. The van der Waals surface area contributed by atoms with Gasteiger partial charge in [0.1, 0.15) is 5.54 Å². The second kappa shape index (κ2) is 6.35. The Morgan fingerprint density at radius 1 is 1.00 bits per heavy atom. The van der Waals surface area contributed by atoms with Crippen LogP contribution in [0.15, 0.2) is 24.3 Å². The van der Waals surface area contributed by atoms with Crippen molar-refractivity contribution in [2.45, 2.75) is 31.7 Å². The van der Waals surface area contributed by atoms with Crippen LogP contribution < -0.4 is 5.32 Å². The molecule has 0 aliphatic heterocycles. The van der Waals surface area contributed by atoms with Crippen molar-refractivity contribution < 1.29 is 20.1 Å². The van der Waals surface area contributed by atoms with Crippen molar-refractivity contribution in [1.82, 2.24) is 5.32 Å². The van der Waals surface area contributed by atoms with Gasteiger partial charge >= 0.3 is 0 Å². The molecule has 0 radical (unpaired) electrons. The van der Waals surface area contributed by atoms with E-state index in [0.29, 0.717) is 5.56 Å². The Bertz CT molecular complexity index is 436. The van der Waals surface area contributed by atoms with Gasteiger partial charge in [-0.2, -0.15) is 0 Å². The van der Waals surface area contributed by atoms with E-state index in [9.17, 15) is 20.1 Å². The van der Waals surface area contributed by atoms with Crippen molar-refractivity contribution in [3.8, 4) is 0 Å². The summed E-state index contributed by atoms with van der Waals surface area (Å²) in [5.74, 6) is -0.442. The predicted molar refractivity (Wildman–Crippen MR) is 76.6 cm³/mol. The average Bonchev–Trinajstić information content (AvgIpc) is 2.44. The van der Waals surface area contributed by atoms with Crippen LogP contribution in [0.5, 0.6) is 0 Å². The molecule has 0 bridgehead atoms. The second-order valence-electron chi connectivity index (χ2n) is 6.04. The minimum Gasteiger partial charge on any atom is -0.394 e. The highest BCUT2D eigenvalue weighted by atomic mass is 16.3. The van der Waals surface area contributed by atoms with Crippen LogP contribution >= 0.6 is 0 Å². The smallest absolute Gasteiger partial charge is 0.251 e. The summed E-state index contributed by atoms with van der Waals surface area (Å²) in [6.07, 6.45) is 0. The molecule has 20 heavy (non-hydrogen) atoms. The van der Waals surface area contributed by atoms with Gasteiger partial charge in [-0.25, -0.2) is 0 Å². The number of rotatable bonds is 5. The van der Waals surface area contributed by atoms with E-state index in [1.165, 1.54) is 0 Å². The lowest BCUT2D eigenvalue weighted by molar-refractivity contribution is 0.0375. The molecule has 0 fully saturated rings. The van der Waals surface area contributed by atoms with Gasteiger partial charge in [-0.15, -0.1) is 0 Å². The molecule has 0 aromatic heterocycles. The summed E-state index contributed by atoms with van der Waals surface area (Å²) in [6.45, 7) is 4.63. The number of amides is 1. The molecule has 1 aromatic rings. The minimum atomic E-state index is -1.40. The van der Waals surface area contributed by atoms with Crippen molar-refractivity contribution in [2.24, 2.45) is 0 Å². The molecule has 5 nitrogen and oxygen atoms in total. The summed E-state index contributed by atoms with van der Waals surface area (Å²) in [6, 6.07) is 7.11. The van der Waals surface area contributed by atoms with E-state index in [2.05, 4.69) is 26.1 Å². The van der Waals surface area contributed by atoms with Crippen LogP contribution in [0.2, 0.25) is 0 Å². The van der Waals surface area contributed by atoms with Crippen LogP contribution in [0.1, 0.15) is 36.7 Å². The van der Waals surface area contributed by atoms with Crippen molar-refractivity contribution in [3.63, 3.8) is 0 Å². The zero-order valence-electron chi connectivity index (χ0n) is 12.2. The van der Waals surface area contributed by atoms with E-state index in [0.717, 1.165) is 5.56 Å². The van der Waals surface area contributed by atoms with E-state index in [1.54, 1.807) is 12.1 Å². The Labute approximate surface area is 119 Å². The summed E-state index contributed by atoms with van der Waals surface area (Å²) in [5, 5.41) is 30.0. The summed E-state index contributed by atoms with van der Waals surface area (Å²) >= 11 is 0. The molecule has 5 heteroatoms. The molecule has 1 rings (SSSR count). The van der Waals surface area contributed by atoms with Crippen LogP contribution in [-0.2, 0) is 5.41 Å². The van der Waals surface area contributed by atoms with E-state index >= 15 is 0 Å². The van der Waals surface area contributed by atoms with Gasteiger partial charge < -0.3 is 20.6 Å². The van der Waals surface area contributed by atoms with Crippen molar-refractivity contribution in [2.75, 3.05) is 19.8 Å². The Morgan fingerprint density at radius 2 is 1.45 bits per heavy atom. The first-order valence-electron chi connectivity index (χ1n) is 6.53. The number of nitrogens with one attached hydrogen (secondary N) is 1. The lowest BCUT2D eigenvalue weighted by Crippen LogP contribution is -2.57. The van der Waals surface area contributed by atoms with Crippen molar-refractivity contribution in [3.05, 3.63) is 35.4 Å². The number of carbonyl (C=O) groups is 1. The monoisotopic (exact) mass is 281 g/mol. The number of hydrogen-bond donors (Lipinski definition) is 4. The van der Waals surface area contributed by atoms with E-state index < -0.39 is 31.3 Å². The Morgan fingerprint density at radius 3 is 1.80 bits per heavy atom. The van der Waals surface area contributed by atoms with Crippen LogP contribution in [0.25, 0.3) is 0 Å². The maximum absolute atomic E-state index is 12.1. The summed E-state index contributed by atoms with van der Waals surface area (Å²) in [4.78, 5) is 12.1. The van der Waals surface area contributed by atoms with Crippen molar-refractivity contribution in [1.29, 1.82) is 0 Å². The van der Waals surface area contributed by atoms with Crippen LogP contribution in [0, 0.1) is 0 Å². The third-order valence-corrected chi connectivity index (χ3v) is 3.30. The maximum Gasteiger partial charge on any atom is 0.251 e. The Kier molecular flexibility index (Phi) is 5.28. The maximum atomic E-state index is 12.1. The first-order chi connectivity index (χ1) is 9.28. The van der Waals surface area contributed by atoms with E-state index in [-0.39, 0.29) is 5.41 Å². The van der Waals surface area contributed by atoms with Crippen LogP contribution in [0.4, 0.5) is 0 Å². The molecule has 0 aliphatic rings. The molecule has 0 saturated carbocycles. The van der Waals surface area contributed by atoms with Gasteiger partial charge in [0.15, 0.2) is 0 Å². The summed E-state index contributed by atoms with van der Waals surface area (Å²) < 4.78 is 0. The zero-order chi connectivity index (χ0) is 15.4. The SMILES string of the molecule is CC(C)(C)c1ccc(C(=O)NC(CO)(CO)CO)cc1. The van der Waals surface area contributed by atoms with E-state index in [1.807, 2.05) is 12.1 Å². The van der Waals surface area contributed by atoms with Gasteiger partial charge in [0.05, 0.1) is 19.8 Å². The number of benzene rings is 1. The van der Waals surface area contributed by atoms with E-state index in [4.69, 9.17) is 0 Å². The zero-order valence-corrected chi connectivity index (χ0v) is 12.2. The predicted octanol–water partition coefficient (Wildman–Crippen LogP) is 0.430. The van der Waals surface area contributed by atoms with Gasteiger partial charge in [-0.3, -0.25) is 4.79 Å². The number of aliphatic hydroxyl groups is 3. The molecule has 0 aliphatic carbocycles. The topological polar surface area (TPSA) is 89.8 Å². The van der Waals surface area contributed by atoms with Gasteiger partial charge in [0.2, 0.25) is 0 Å². The molecule has 112 valence electrons. The summed E-state index contributed by atoms with van der Waals surface area (Å²) in [5.41, 5.74) is 0.115. The van der Waals surface area contributed by atoms with Gasteiger partial charge in [0.25, 0.3) is 5.91 Å². The Hall–Kier alpha value is -1.43. The molecule has 0 heterocycles. The molecule has 4 N–H and O–H groups in total. The lowest BCUT2D eigenvalue weighted by atomic mass is 9.86. The third-order valence-electron chi connectivity index (χ3n) is 3.30. The van der Waals surface area contributed by atoms with Crippen molar-refractivity contribution >= 4 is 5.91 Å². The first-order valence-corrected chi connectivity index (χ1v) is 6.53. The number of carbonyl (C=O) groups excluding carboxylic acids is 1. The molecular weight excluding hydrogens is 258 g/mol. The average molecular weight is 281 g/mol. The van der Waals surface area contributed by atoms with Gasteiger partial charge in [0, 0.05) is 5.56 Å². The fourth-order valence-corrected chi connectivity index (χ4v) is 1.70. The normalized spacial score (nSPS) is 12.3. The Balaban J connectivity index is 2.88. The van der Waals surface area contributed by atoms with Crippen LogP contribution in [-0.4, -0.2) is 46.6 Å². The van der Waals surface area contributed by atoms with Gasteiger partial charge in [-0.1, -0.05) is 32.9 Å². The summed E-state index contributed by atoms with van der Waals surface area (Å²) in [7, 11) is 0. The molecule has 0 saturated heterocycles. The highest BCUT2D eigenvalue weighted by molar-refractivity contribution is 5.94. The third kappa shape index (κ3) is 3.79. The standard InChI is InChI=1S/C15H23NO4/c1-14(2,3)12-6-4-11(5-7-12)13(20)16-15(8-17,9-18)10-19/h4-7,17-19H,8-10H2,1-3H3,(H,16,20). The fraction of sp³-hybridized carbons (Fsp3) is 0.533. The number of hydrogen-bond acceptors (Lipinski definition) is 4. The largest absolute Gasteiger partial charge is 0.394 e. The number of aliphatic hydroxyl groups excluding tert-OH is 3. The van der Waals surface area contributed by atoms with Crippen LogP contribution in [0.3, 0.4) is 0 Å². The highest BCUT2D eigenvalue weighted by Gasteiger charge is 2.30. The molecule has 1 aromatic carbocycles. The molecule has 1 amide bonds. The highest BCUT2D eigenvalue weighted by Crippen LogP contribution is 2.22. The minimum absolute atomic E-state index is 0.0000595. The molecule has 0 spiro atoms. The molecular formula is C15H23NO4. The quantitative estimate of drug-likeness (QED) is 0.630. The molecule has 0 unspecified atom stereocenters.